The summed E-state index contributed by atoms with van der Waals surface area (Å²) in [5.74, 6) is -0.169. The van der Waals surface area contributed by atoms with Gasteiger partial charge in [0.2, 0.25) is 5.91 Å². The highest BCUT2D eigenvalue weighted by atomic mass is 16.1. The second kappa shape index (κ2) is 7.10. The Hall–Kier alpha value is -0.610. The lowest BCUT2D eigenvalue weighted by atomic mass is 9.99. The van der Waals surface area contributed by atoms with Gasteiger partial charge in [0, 0.05) is 12.1 Å². The highest BCUT2D eigenvalue weighted by molar-refractivity contribution is 5.76. The Morgan fingerprint density at radius 3 is 2.11 bits per heavy atom. The van der Waals surface area contributed by atoms with Crippen molar-refractivity contribution in [1.29, 1.82) is 0 Å². The molecule has 1 aliphatic heterocycles. The van der Waals surface area contributed by atoms with Crippen molar-refractivity contribution in [2.45, 2.75) is 63.5 Å². The van der Waals surface area contributed by atoms with Gasteiger partial charge in [-0.1, -0.05) is 25.7 Å². The number of hydrogen-bond acceptors (Lipinski definition) is 3. The zero-order chi connectivity index (χ0) is 12.8. The number of carbonyl (C=O) groups is 1. The molecule has 1 saturated heterocycles. The summed E-state index contributed by atoms with van der Waals surface area (Å²) in [7, 11) is 0. The van der Waals surface area contributed by atoms with E-state index in [9.17, 15) is 4.79 Å². The predicted octanol–water partition coefficient (Wildman–Crippen LogP) is 1.25. The van der Waals surface area contributed by atoms with E-state index in [0.717, 1.165) is 25.9 Å². The van der Waals surface area contributed by atoms with Crippen molar-refractivity contribution in [3.05, 3.63) is 0 Å². The minimum absolute atomic E-state index is 0.169. The second-order valence-electron chi connectivity index (χ2n) is 5.77. The lowest BCUT2D eigenvalue weighted by Gasteiger charge is -2.39. The van der Waals surface area contributed by atoms with Crippen LogP contribution in [-0.2, 0) is 4.79 Å². The van der Waals surface area contributed by atoms with Gasteiger partial charge < -0.3 is 11.1 Å². The number of amides is 1. The normalized spacial score (nSPS) is 24.1. The van der Waals surface area contributed by atoms with Gasteiger partial charge in [0.25, 0.3) is 0 Å². The molecule has 1 saturated carbocycles. The summed E-state index contributed by atoms with van der Waals surface area (Å²) in [5.41, 5.74) is 5.45. The quantitative estimate of drug-likeness (QED) is 0.741. The molecule has 0 spiro atoms. The summed E-state index contributed by atoms with van der Waals surface area (Å²) in [4.78, 5) is 13.8. The molecule has 0 atom stereocenters. The van der Waals surface area contributed by atoms with Gasteiger partial charge in [-0.25, -0.2) is 0 Å². The van der Waals surface area contributed by atoms with E-state index in [1.807, 2.05) is 0 Å². The van der Waals surface area contributed by atoms with E-state index in [2.05, 4.69) is 10.2 Å². The number of nitrogens with two attached hydrogens (primary N) is 1. The number of rotatable bonds is 4. The van der Waals surface area contributed by atoms with Gasteiger partial charge in [0.1, 0.15) is 0 Å². The van der Waals surface area contributed by atoms with Gasteiger partial charge in [0.15, 0.2) is 0 Å². The molecule has 1 amide bonds. The van der Waals surface area contributed by atoms with Crippen LogP contribution in [0.3, 0.4) is 0 Å². The summed E-state index contributed by atoms with van der Waals surface area (Å²) in [5, 5.41) is 3.40. The first-order valence-corrected chi connectivity index (χ1v) is 7.52. The van der Waals surface area contributed by atoms with E-state index in [1.54, 1.807) is 0 Å². The van der Waals surface area contributed by atoms with Gasteiger partial charge in [0.05, 0.1) is 6.54 Å². The molecule has 0 radical (unpaired) electrons. The smallest absolute Gasteiger partial charge is 0.231 e. The van der Waals surface area contributed by atoms with Gasteiger partial charge in [-0.15, -0.1) is 0 Å². The number of nitrogens with zero attached hydrogens (tertiary/aromatic N) is 1. The van der Waals surface area contributed by atoms with Crippen LogP contribution in [0.25, 0.3) is 0 Å². The van der Waals surface area contributed by atoms with Crippen molar-refractivity contribution < 1.29 is 4.79 Å². The van der Waals surface area contributed by atoms with E-state index in [4.69, 9.17) is 5.73 Å². The van der Waals surface area contributed by atoms with Gasteiger partial charge >= 0.3 is 0 Å². The summed E-state index contributed by atoms with van der Waals surface area (Å²) in [6, 6.07) is 1.14. The standard InChI is InChI=1S/C14H27N3O/c15-14(18)11-17(13-7-9-16-10-8-13)12-5-3-1-2-4-6-12/h12-13,16H,1-11H2,(H2,15,18). The monoisotopic (exact) mass is 253 g/mol. The van der Waals surface area contributed by atoms with Crippen LogP contribution in [0.1, 0.15) is 51.4 Å². The van der Waals surface area contributed by atoms with E-state index in [-0.39, 0.29) is 5.91 Å². The highest BCUT2D eigenvalue weighted by Gasteiger charge is 2.28. The zero-order valence-corrected chi connectivity index (χ0v) is 11.4. The number of primary amides is 1. The first-order chi connectivity index (χ1) is 8.77. The zero-order valence-electron chi connectivity index (χ0n) is 11.4. The number of hydrogen-bond donors (Lipinski definition) is 2. The van der Waals surface area contributed by atoms with Crippen molar-refractivity contribution in [2.75, 3.05) is 19.6 Å². The summed E-state index contributed by atoms with van der Waals surface area (Å²) in [6.07, 6.45) is 10.1. The first-order valence-electron chi connectivity index (χ1n) is 7.52. The Labute approximate surface area is 110 Å². The molecule has 0 bridgehead atoms. The van der Waals surface area contributed by atoms with Crippen molar-refractivity contribution in [3.8, 4) is 0 Å². The van der Waals surface area contributed by atoms with Crippen LogP contribution in [0.4, 0.5) is 0 Å². The summed E-state index contributed by atoms with van der Waals surface area (Å²) in [6.45, 7) is 2.61. The van der Waals surface area contributed by atoms with E-state index >= 15 is 0 Å². The summed E-state index contributed by atoms with van der Waals surface area (Å²) < 4.78 is 0. The minimum Gasteiger partial charge on any atom is -0.369 e. The molecule has 2 fully saturated rings. The van der Waals surface area contributed by atoms with E-state index in [0.29, 0.717) is 18.6 Å². The molecule has 18 heavy (non-hydrogen) atoms. The third-order valence-corrected chi connectivity index (χ3v) is 4.41. The van der Waals surface area contributed by atoms with Crippen LogP contribution in [0.5, 0.6) is 0 Å². The minimum atomic E-state index is -0.169. The molecule has 4 heteroatoms. The molecule has 1 aliphatic carbocycles. The molecule has 4 nitrogen and oxygen atoms in total. The fourth-order valence-electron chi connectivity index (χ4n) is 3.46. The van der Waals surface area contributed by atoms with Gasteiger partial charge in [-0.05, 0) is 38.8 Å². The predicted molar refractivity (Wildman–Crippen MR) is 73.3 cm³/mol. The SMILES string of the molecule is NC(=O)CN(C1CCCCCC1)C1CCNCC1. The molecule has 2 rings (SSSR count). The Morgan fingerprint density at radius 1 is 1.00 bits per heavy atom. The second-order valence-corrected chi connectivity index (χ2v) is 5.77. The van der Waals surface area contributed by atoms with Crippen LogP contribution in [0.2, 0.25) is 0 Å². The van der Waals surface area contributed by atoms with Crippen molar-refractivity contribution in [2.24, 2.45) is 5.73 Å². The Bertz CT molecular complexity index is 256. The molecule has 104 valence electrons. The van der Waals surface area contributed by atoms with Crippen molar-refractivity contribution in [3.63, 3.8) is 0 Å². The lowest BCUT2D eigenvalue weighted by molar-refractivity contribution is -0.120. The molecule has 0 unspecified atom stereocenters. The molecule has 1 heterocycles. The Balaban J connectivity index is 1.99. The maximum absolute atomic E-state index is 11.3. The lowest BCUT2D eigenvalue weighted by Crippen LogP contribution is -2.51. The third-order valence-electron chi connectivity index (χ3n) is 4.41. The molecular formula is C14H27N3O. The van der Waals surface area contributed by atoms with Crippen molar-refractivity contribution in [1.82, 2.24) is 10.2 Å². The molecule has 2 aliphatic rings. The Morgan fingerprint density at radius 2 is 1.56 bits per heavy atom. The van der Waals surface area contributed by atoms with Gasteiger partial charge in [-0.3, -0.25) is 9.69 Å². The van der Waals surface area contributed by atoms with Crippen LogP contribution >= 0.6 is 0 Å². The van der Waals surface area contributed by atoms with Crippen LogP contribution in [0, 0.1) is 0 Å². The molecule has 0 aromatic carbocycles. The van der Waals surface area contributed by atoms with Crippen LogP contribution < -0.4 is 11.1 Å². The average Bonchev–Trinajstić information content (AvgIpc) is 2.65. The Kier molecular flexibility index (Phi) is 5.45. The largest absolute Gasteiger partial charge is 0.369 e. The number of carbonyl (C=O) groups excluding carboxylic acids is 1. The average molecular weight is 253 g/mol. The number of nitrogens with one attached hydrogen (secondary N) is 1. The van der Waals surface area contributed by atoms with Crippen LogP contribution in [0.15, 0.2) is 0 Å². The van der Waals surface area contributed by atoms with E-state index in [1.165, 1.54) is 38.5 Å². The highest BCUT2D eigenvalue weighted by Crippen LogP contribution is 2.25. The van der Waals surface area contributed by atoms with Gasteiger partial charge in [-0.2, -0.15) is 0 Å². The topological polar surface area (TPSA) is 58.4 Å². The maximum atomic E-state index is 11.3. The third kappa shape index (κ3) is 3.95. The summed E-state index contributed by atoms with van der Waals surface area (Å²) >= 11 is 0. The number of piperidine rings is 1. The molecule has 0 aromatic heterocycles. The molecular weight excluding hydrogens is 226 g/mol. The van der Waals surface area contributed by atoms with Crippen LogP contribution in [-0.4, -0.2) is 42.5 Å². The fraction of sp³-hybridized carbons (Fsp3) is 0.929. The first kappa shape index (κ1) is 13.8. The van der Waals surface area contributed by atoms with Crippen molar-refractivity contribution >= 4 is 5.91 Å². The fourth-order valence-corrected chi connectivity index (χ4v) is 3.46. The van der Waals surface area contributed by atoms with E-state index < -0.39 is 0 Å². The molecule has 3 N–H and O–H groups in total. The maximum Gasteiger partial charge on any atom is 0.231 e. The molecule has 0 aromatic rings.